The quantitative estimate of drug-likeness (QED) is 0.446. The number of benzene rings is 2. The summed E-state index contributed by atoms with van der Waals surface area (Å²) >= 11 is 0. The number of para-hydroxylation sites is 1. The average Bonchev–Trinajstić information content (AvgIpc) is 2.67. The van der Waals surface area contributed by atoms with E-state index in [4.69, 9.17) is 14.2 Å². The van der Waals surface area contributed by atoms with Crippen LogP contribution in [-0.4, -0.2) is 42.0 Å². The van der Waals surface area contributed by atoms with Gasteiger partial charge in [-0.1, -0.05) is 6.07 Å². The molecule has 1 aliphatic rings. The van der Waals surface area contributed by atoms with E-state index in [0.717, 1.165) is 18.3 Å². The molecule has 2 aromatic carbocycles. The zero-order valence-electron chi connectivity index (χ0n) is 14.0. The summed E-state index contributed by atoms with van der Waals surface area (Å²) in [5.41, 5.74) is 2.09. The van der Waals surface area contributed by atoms with Gasteiger partial charge in [0.25, 0.3) is 11.6 Å². The van der Waals surface area contributed by atoms with Gasteiger partial charge in [-0.15, -0.1) is 0 Å². The van der Waals surface area contributed by atoms with E-state index in [-0.39, 0.29) is 23.6 Å². The van der Waals surface area contributed by atoms with E-state index in [9.17, 15) is 20.0 Å². The van der Waals surface area contributed by atoms with Crippen molar-refractivity contribution in [2.24, 2.45) is 5.10 Å². The third-order valence-corrected chi connectivity index (χ3v) is 3.50. The molecule has 10 nitrogen and oxygen atoms in total. The fourth-order valence-corrected chi connectivity index (χ4v) is 2.27. The van der Waals surface area contributed by atoms with Crippen molar-refractivity contribution in [3.8, 4) is 23.0 Å². The minimum Gasteiger partial charge on any atom is -0.507 e. The molecule has 1 heterocycles. The lowest BCUT2D eigenvalue weighted by Crippen LogP contribution is -2.25. The summed E-state index contributed by atoms with van der Waals surface area (Å²) in [6.07, 6.45) is 1.10. The molecule has 10 heteroatoms. The maximum Gasteiger partial charge on any atom is 0.277 e. The third-order valence-electron chi connectivity index (χ3n) is 3.50. The van der Waals surface area contributed by atoms with Crippen LogP contribution in [0.3, 0.4) is 0 Å². The molecule has 0 aliphatic carbocycles. The Balaban J connectivity index is 1.57. The van der Waals surface area contributed by atoms with Crippen molar-refractivity contribution in [3.05, 3.63) is 52.1 Å². The normalized spacial score (nSPS) is 12.6. The van der Waals surface area contributed by atoms with E-state index in [2.05, 4.69) is 10.5 Å². The number of nitrogens with zero attached hydrogens (tertiary/aromatic N) is 2. The van der Waals surface area contributed by atoms with Gasteiger partial charge < -0.3 is 19.3 Å². The highest BCUT2D eigenvalue weighted by atomic mass is 16.6. The number of carbonyl (C=O) groups is 1. The predicted molar refractivity (Wildman–Crippen MR) is 93.4 cm³/mol. The summed E-state index contributed by atoms with van der Waals surface area (Å²) < 4.78 is 16.3. The molecule has 0 bridgehead atoms. The topological polar surface area (TPSA) is 133 Å². The van der Waals surface area contributed by atoms with Crippen LogP contribution >= 0.6 is 0 Å². The smallest absolute Gasteiger partial charge is 0.277 e. The first-order chi connectivity index (χ1) is 13.0. The van der Waals surface area contributed by atoms with Gasteiger partial charge in [0, 0.05) is 17.7 Å². The number of ether oxygens (including phenoxy) is 3. The molecule has 1 aliphatic heterocycles. The van der Waals surface area contributed by atoms with Crippen molar-refractivity contribution in [1.29, 1.82) is 0 Å². The van der Waals surface area contributed by atoms with E-state index in [1.807, 2.05) is 0 Å². The zero-order valence-corrected chi connectivity index (χ0v) is 14.0. The van der Waals surface area contributed by atoms with E-state index in [0.29, 0.717) is 30.5 Å². The van der Waals surface area contributed by atoms with Gasteiger partial charge in [0.15, 0.2) is 18.1 Å². The number of nitrogens with one attached hydrogen (secondary N) is 1. The predicted octanol–water partition coefficient (Wildman–Crippen LogP) is 1.60. The molecule has 0 aromatic heterocycles. The number of nitro benzene ring substituents is 1. The number of carbonyl (C=O) groups excluding carboxylic acids is 1. The Morgan fingerprint density at radius 2 is 2.15 bits per heavy atom. The molecule has 1 amide bonds. The number of phenolic OH excluding ortho intramolecular Hbond substituents is 1. The van der Waals surface area contributed by atoms with Crippen molar-refractivity contribution in [2.45, 2.75) is 0 Å². The standard InChI is InChI=1S/C17H15N3O7/c21-13-5-4-12(20(23)24)8-11(13)9-18-19-16(22)10-27-15-3-1-2-14-17(15)26-7-6-25-14/h1-5,8-9,21H,6-7,10H2,(H,19,22)/b18-9-. The number of hydrogen-bond acceptors (Lipinski definition) is 8. The zero-order chi connectivity index (χ0) is 19.2. The first-order valence-corrected chi connectivity index (χ1v) is 7.85. The fraction of sp³-hybridized carbons (Fsp3) is 0.176. The number of phenols is 1. The highest BCUT2D eigenvalue weighted by molar-refractivity contribution is 5.86. The van der Waals surface area contributed by atoms with E-state index in [1.165, 1.54) is 6.07 Å². The molecular weight excluding hydrogens is 358 g/mol. The van der Waals surface area contributed by atoms with Gasteiger partial charge in [-0.25, -0.2) is 5.43 Å². The molecule has 0 atom stereocenters. The highest BCUT2D eigenvalue weighted by Crippen LogP contribution is 2.38. The van der Waals surface area contributed by atoms with Gasteiger partial charge in [0.2, 0.25) is 5.75 Å². The number of hydrogen-bond donors (Lipinski definition) is 2. The number of amides is 1. The van der Waals surface area contributed by atoms with Crippen molar-refractivity contribution in [1.82, 2.24) is 5.43 Å². The van der Waals surface area contributed by atoms with Crippen LogP contribution in [-0.2, 0) is 4.79 Å². The fourth-order valence-electron chi connectivity index (χ4n) is 2.27. The molecule has 0 unspecified atom stereocenters. The lowest BCUT2D eigenvalue weighted by atomic mass is 10.2. The van der Waals surface area contributed by atoms with Crippen LogP contribution in [0.1, 0.15) is 5.56 Å². The Morgan fingerprint density at radius 3 is 2.96 bits per heavy atom. The molecule has 27 heavy (non-hydrogen) atoms. The average molecular weight is 373 g/mol. The van der Waals surface area contributed by atoms with Crippen LogP contribution in [0.2, 0.25) is 0 Å². The second kappa shape index (κ2) is 8.04. The molecule has 3 rings (SSSR count). The van der Waals surface area contributed by atoms with Crippen LogP contribution in [0.4, 0.5) is 5.69 Å². The molecule has 0 spiro atoms. The third kappa shape index (κ3) is 4.42. The van der Waals surface area contributed by atoms with E-state index in [1.54, 1.807) is 18.2 Å². The number of nitro groups is 1. The van der Waals surface area contributed by atoms with Gasteiger partial charge in [0.1, 0.15) is 19.0 Å². The first-order valence-electron chi connectivity index (χ1n) is 7.85. The number of aromatic hydroxyl groups is 1. The van der Waals surface area contributed by atoms with Crippen LogP contribution in [0.25, 0.3) is 0 Å². The Labute approximate surface area is 153 Å². The summed E-state index contributed by atoms with van der Waals surface area (Å²) in [5.74, 6) is 0.566. The van der Waals surface area contributed by atoms with Crippen molar-refractivity contribution >= 4 is 17.8 Å². The monoisotopic (exact) mass is 373 g/mol. The van der Waals surface area contributed by atoms with Crippen molar-refractivity contribution in [2.75, 3.05) is 19.8 Å². The van der Waals surface area contributed by atoms with Crippen LogP contribution in [0.5, 0.6) is 23.0 Å². The summed E-state index contributed by atoms with van der Waals surface area (Å²) in [6.45, 7) is 0.491. The second-order valence-electron chi connectivity index (χ2n) is 5.36. The number of fused-ring (bicyclic) bond motifs is 1. The molecular formula is C17H15N3O7. The number of hydrazone groups is 1. The summed E-state index contributed by atoms with van der Waals surface area (Å²) in [5, 5.41) is 24.1. The lowest BCUT2D eigenvalue weighted by Gasteiger charge is -2.20. The molecule has 2 N–H and O–H groups in total. The maximum atomic E-state index is 11.8. The molecule has 0 radical (unpaired) electrons. The highest BCUT2D eigenvalue weighted by Gasteiger charge is 2.17. The molecule has 0 saturated carbocycles. The Morgan fingerprint density at radius 1 is 1.33 bits per heavy atom. The molecule has 2 aromatic rings. The Kier molecular flexibility index (Phi) is 5.36. The van der Waals surface area contributed by atoms with E-state index >= 15 is 0 Å². The largest absolute Gasteiger partial charge is 0.507 e. The summed E-state index contributed by atoms with van der Waals surface area (Å²) in [6, 6.07) is 8.55. The van der Waals surface area contributed by atoms with Gasteiger partial charge in [-0.2, -0.15) is 5.10 Å². The van der Waals surface area contributed by atoms with Gasteiger partial charge in [-0.3, -0.25) is 14.9 Å². The SMILES string of the molecule is O=C(COc1cccc2c1OCCO2)N/N=C\c1cc([N+](=O)[O-])ccc1O. The summed E-state index contributed by atoms with van der Waals surface area (Å²) in [4.78, 5) is 22.0. The van der Waals surface area contributed by atoms with Gasteiger partial charge >= 0.3 is 0 Å². The second-order valence-corrected chi connectivity index (χ2v) is 5.36. The van der Waals surface area contributed by atoms with Crippen LogP contribution in [0, 0.1) is 10.1 Å². The van der Waals surface area contributed by atoms with Crippen LogP contribution < -0.4 is 19.6 Å². The minimum absolute atomic E-state index is 0.0908. The molecule has 0 saturated heterocycles. The van der Waals surface area contributed by atoms with Crippen molar-refractivity contribution < 1.29 is 29.0 Å². The molecule has 140 valence electrons. The molecule has 0 fully saturated rings. The van der Waals surface area contributed by atoms with Crippen molar-refractivity contribution in [3.63, 3.8) is 0 Å². The first kappa shape index (κ1) is 18.0. The Bertz CT molecular complexity index is 898. The maximum absolute atomic E-state index is 11.8. The Hall–Kier alpha value is -3.82. The van der Waals surface area contributed by atoms with Gasteiger partial charge in [0.05, 0.1) is 11.1 Å². The number of non-ortho nitro benzene ring substituents is 1. The van der Waals surface area contributed by atoms with E-state index < -0.39 is 10.8 Å². The minimum atomic E-state index is -0.602. The van der Waals surface area contributed by atoms with Gasteiger partial charge in [-0.05, 0) is 18.2 Å². The summed E-state index contributed by atoms with van der Waals surface area (Å²) in [7, 11) is 0. The lowest BCUT2D eigenvalue weighted by molar-refractivity contribution is -0.384. The van der Waals surface area contributed by atoms with Crippen LogP contribution in [0.15, 0.2) is 41.5 Å². The number of rotatable bonds is 6.